The van der Waals surface area contributed by atoms with Crippen LogP contribution in [0.4, 0.5) is 11.4 Å². The second-order valence-corrected chi connectivity index (χ2v) is 14.6. The molecular formula is C40H46N4O6S. The number of nitrogens with one attached hydrogen (secondary N) is 2. The lowest BCUT2D eigenvalue weighted by molar-refractivity contribution is 0.00695. The van der Waals surface area contributed by atoms with Crippen LogP contribution in [0.5, 0.6) is 17.2 Å². The first-order valence-electron chi connectivity index (χ1n) is 17.4. The van der Waals surface area contributed by atoms with Crippen molar-refractivity contribution in [2.45, 2.75) is 52.2 Å². The number of pyridine rings is 1. The molecule has 1 aliphatic rings. The molecule has 0 spiro atoms. The summed E-state index contributed by atoms with van der Waals surface area (Å²) < 4.78 is 29.2. The molecule has 3 aromatic carbocycles. The van der Waals surface area contributed by atoms with Crippen molar-refractivity contribution in [1.82, 2.24) is 9.55 Å². The fourth-order valence-corrected chi connectivity index (χ4v) is 6.52. The minimum absolute atomic E-state index is 0.0834. The van der Waals surface area contributed by atoms with Crippen LogP contribution in [0, 0.1) is 0 Å². The van der Waals surface area contributed by atoms with Gasteiger partial charge in [0.25, 0.3) is 5.56 Å². The number of esters is 1. The van der Waals surface area contributed by atoms with Crippen LogP contribution in [0.3, 0.4) is 0 Å². The van der Waals surface area contributed by atoms with Gasteiger partial charge in [-0.2, -0.15) is 0 Å². The Kier molecular flexibility index (Phi) is 11.3. The van der Waals surface area contributed by atoms with Crippen molar-refractivity contribution in [3.63, 3.8) is 0 Å². The molecule has 3 heterocycles. The van der Waals surface area contributed by atoms with Gasteiger partial charge in [-0.05, 0) is 94.3 Å². The molecule has 2 aromatic heterocycles. The average Bonchev–Trinajstić information content (AvgIpc) is 3.62. The van der Waals surface area contributed by atoms with E-state index in [1.54, 1.807) is 29.8 Å². The van der Waals surface area contributed by atoms with E-state index in [4.69, 9.17) is 18.9 Å². The number of fused-ring (bicyclic) bond motifs is 1. The predicted octanol–water partition coefficient (Wildman–Crippen LogP) is 8.43. The summed E-state index contributed by atoms with van der Waals surface area (Å²) in [7, 11) is 1.75. The zero-order valence-corrected chi connectivity index (χ0v) is 30.7. The molecule has 0 amide bonds. The third-order valence-corrected chi connectivity index (χ3v) is 9.21. The first kappa shape index (κ1) is 35.9. The number of carbonyl (C=O) groups excluding carboxylic acids is 1. The highest BCUT2D eigenvalue weighted by atomic mass is 32.2. The van der Waals surface area contributed by atoms with E-state index >= 15 is 0 Å². The highest BCUT2D eigenvalue weighted by molar-refractivity contribution is 8.00. The standard InChI is InChI=1S/C40H46N4O6S/c1-6-51-42-28-12-15-36(34(24-28)35-26-43(5)38(45)37-33(35)16-19-41-37)49-32-9-7-8-31(25-32)48-23-22-47-30-17-20-44(21-18-30)29-13-10-27(11-14-29)39(46)50-40(2,3)4/h7-16,19,24-26,30,41-42H,6,17-18,20-23H2,1-5H3. The number of hydrogen-bond acceptors (Lipinski definition) is 9. The molecule has 11 heteroatoms. The molecule has 51 heavy (non-hydrogen) atoms. The summed E-state index contributed by atoms with van der Waals surface area (Å²) in [6, 6.07) is 23.1. The van der Waals surface area contributed by atoms with E-state index in [0.29, 0.717) is 41.5 Å². The molecule has 0 bridgehead atoms. The van der Waals surface area contributed by atoms with Crippen LogP contribution < -0.4 is 24.7 Å². The number of aromatic nitrogens is 2. The first-order chi connectivity index (χ1) is 24.6. The van der Waals surface area contributed by atoms with Gasteiger partial charge in [-0.25, -0.2) is 4.79 Å². The molecule has 0 saturated carbocycles. The Bertz CT molecular complexity index is 2010. The predicted molar refractivity (Wildman–Crippen MR) is 206 cm³/mol. The molecule has 6 rings (SSSR count). The second-order valence-electron chi connectivity index (χ2n) is 13.5. The van der Waals surface area contributed by atoms with Gasteiger partial charge < -0.3 is 38.1 Å². The maximum Gasteiger partial charge on any atom is 0.338 e. The lowest BCUT2D eigenvalue weighted by atomic mass is 10.0. The van der Waals surface area contributed by atoms with Crippen molar-refractivity contribution < 1.29 is 23.7 Å². The zero-order chi connectivity index (χ0) is 36.0. The van der Waals surface area contributed by atoms with Gasteiger partial charge in [0.2, 0.25) is 0 Å². The first-order valence-corrected chi connectivity index (χ1v) is 18.4. The Hall–Kier alpha value is -4.87. The second kappa shape index (κ2) is 16.0. The third kappa shape index (κ3) is 9.08. The highest BCUT2D eigenvalue weighted by Gasteiger charge is 2.22. The van der Waals surface area contributed by atoms with E-state index in [1.165, 1.54) is 0 Å². The number of piperidine rings is 1. The Balaban J connectivity index is 1.03. The number of H-pyrrole nitrogens is 1. The SMILES string of the molecule is CCSNc1ccc(Oc2cccc(OCCOC3CCN(c4ccc(C(=O)OC(C)(C)C)cc4)CC3)c2)c(-c2cn(C)c(=O)c3[nH]ccc23)c1. The summed E-state index contributed by atoms with van der Waals surface area (Å²) in [6.07, 6.45) is 5.63. The smallest absolute Gasteiger partial charge is 0.338 e. The van der Waals surface area contributed by atoms with Gasteiger partial charge in [0.05, 0.1) is 18.3 Å². The van der Waals surface area contributed by atoms with Crippen LogP contribution in [0.15, 0.2) is 90.0 Å². The van der Waals surface area contributed by atoms with Crippen LogP contribution >= 0.6 is 11.9 Å². The monoisotopic (exact) mass is 710 g/mol. The summed E-state index contributed by atoms with van der Waals surface area (Å²) >= 11 is 1.61. The maximum atomic E-state index is 12.8. The molecule has 10 nitrogen and oxygen atoms in total. The Morgan fingerprint density at radius 3 is 2.47 bits per heavy atom. The molecule has 0 radical (unpaired) electrons. The molecule has 1 saturated heterocycles. The minimum atomic E-state index is -0.520. The number of aromatic amines is 1. The largest absolute Gasteiger partial charge is 0.491 e. The van der Waals surface area contributed by atoms with Crippen molar-refractivity contribution in [2.24, 2.45) is 7.05 Å². The molecule has 1 fully saturated rings. The average molecular weight is 711 g/mol. The molecule has 0 aliphatic carbocycles. The van der Waals surface area contributed by atoms with E-state index in [1.807, 2.05) is 93.7 Å². The normalized spacial score (nSPS) is 13.7. The van der Waals surface area contributed by atoms with Crippen LogP contribution in [-0.2, 0) is 16.5 Å². The van der Waals surface area contributed by atoms with Gasteiger partial charge >= 0.3 is 5.97 Å². The molecule has 1 aliphatic heterocycles. The number of carbonyl (C=O) groups is 1. The fraction of sp³-hybridized carbons (Fsp3) is 0.350. The van der Waals surface area contributed by atoms with Crippen molar-refractivity contribution in [2.75, 3.05) is 41.7 Å². The van der Waals surface area contributed by atoms with Gasteiger partial charge in [0.15, 0.2) is 0 Å². The third-order valence-electron chi connectivity index (χ3n) is 8.55. The number of rotatable bonds is 13. The summed E-state index contributed by atoms with van der Waals surface area (Å²) in [5.74, 6) is 2.60. The fourth-order valence-electron chi connectivity index (χ4n) is 6.09. The van der Waals surface area contributed by atoms with Crippen LogP contribution in [0.1, 0.15) is 50.9 Å². The highest BCUT2D eigenvalue weighted by Crippen LogP contribution is 2.39. The van der Waals surface area contributed by atoms with Crippen molar-refractivity contribution >= 4 is 40.2 Å². The van der Waals surface area contributed by atoms with E-state index in [-0.39, 0.29) is 17.6 Å². The molecule has 0 unspecified atom stereocenters. The van der Waals surface area contributed by atoms with Crippen molar-refractivity contribution in [3.8, 4) is 28.4 Å². The van der Waals surface area contributed by atoms with Gasteiger partial charge in [0.1, 0.15) is 35.0 Å². The number of anilines is 2. The van der Waals surface area contributed by atoms with Gasteiger partial charge in [0, 0.05) is 72.2 Å². The molecule has 268 valence electrons. The van der Waals surface area contributed by atoms with Gasteiger partial charge in [-0.1, -0.05) is 24.9 Å². The van der Waals surface area contributed by atoms with E-state index in [0.717, 1.165) is 59.6 Å². The van der Waals surface area contributed by atoms with Gasteiger partial charge in [-0.3, -0.25) is 4.79 Å². The summed E-state index contributed by atoms with van der Waals surface area (Å²) in [4.78, 5) is 30.5. The Morgan fingerprint density at radius 1 is 0.961 bits per heavy atom. The number of ether oxygens (including phenoxy) is 4. The van der Waals surface area contributed by atoms with Crippen molar-refractivity contribution in [1.29, 1.82) is 0 Å². The van der Waals surface area contributed by atoms with Crippen LogP contribution in [0.2, 0.25) is 0 Å². The van der Waals surface area contributed by atoms with E-state index in [9.17, 15) is 9.59 Å². The number of aryl methyl sites for hydroxylation is 1. The van der Waals surface area contributed by atoms with Crippen LogP contribution in [-0.4, -0.2) is 59.3 Å². The number of benzene rings is 3. The Labute approximate surface area is 303 Å². The number of nitrogens with zero attached hydrogens (tertiary/aromatic N) is 2. The van der Waals surface area contributed by atoms with E-state index in [2.05, 4.69) is 27.6 Å². The zero-order valence-electron chi connectivity index (χ0n) is 29.9. The minimum Gasteiger partial charge on any atom is -0.491 e. The lowest BCUT2D eigenvalue weighted by Gasteiger charge is -2.33. The van der Waals surface area contributed by atoms with Gasteiger partial charge in [-0.15, -0.1) is 0 Å². The molecular weight excluding hydrogens is 665 g/mol. The Morgan fingerprint density at radius 2 is 1.73 bits per heavy atom. The summed E-state index contributed by atoms with van der Waals surface area (Å²) in [5, 5.41) is 0.833. The topological polar surface area (TPSA) is 107 Å². The van der Waals surface area contributed by atoms with E-state index < -0.39 is 5.60 Å². The van der Waals surface area contributed by atoms with Crippen LogP contribution in [0.25, 0.3) is 22.0 Å². The van der Waals surface area contributed by atoms with Crippen molar-refractivity contribution in [3.05, 3.63) is 101 Å². The molecule has 2 N–H and O–H groups in total. The molecule has 5 aromatic rings. The maximum absolute atomic E-state index is 12.8. The summed E-state index contributed by atoms with van der Waals surface area (Å²) in [5.41, 5.74) is 4.29. The number of hydrogen-bond donors (Lipinski definition) is 2. The molecule has 0 atom stereocenters. The lowest BCUT2D eigenvalue weighted by Crippen LogP contribution is -2.37. The summed E-state index contributed by atoms with van der Waals surface area (Å²) in [6.45, 7) is 10.3. The quantitative estimate of drug-likeness (QED) is 0.0708.